The smallest absolute Gasteiger partial charge is 0.339 e. The number of hydrogen-bond donors (Lipinski definition) is 1. The van der Waals surface area contributed by atoms with Crippen molar-refractivity contribution in [1.82, 2.24) is 34.3 Å². The van der Waals surface area contributed by atoms with Crippen molar-refractivity contribution in [1.29, 1.82) is 0 Å². The summed E-state index contributed by atoms with van der Waals surface area (Å²) in [5.74, 6) is 0.605. The maximum atomic E-state index is 13.7. The highest BCUT2D eigenvalue weighted by Gasteiger charge is 2.31. The highest BCUT2D eigenvalue weighted by Crippen LogP contribution is 2.33. The number of nitrogens with zero attached hydrogens (tertiary/aromatic N) is 7. The molecule has 0 saturated heterocycles. The number of hydrogen-bond acceptors (Lipinski definition) is 7. The Labute approximate surface area is 244 Å². The maximum Gasteiger partial charge on any atom is 0.416 e. The fourth-order valence-corrected chi connectivity index (χ4v) is 4.74. The van der Waals surface area contributed by atoms with Gasteiger partial charge in [-0.15, -0.1) is 0 Å². The number of Topliss-reactive ketones (excluding diaryl/α,β-unsaturated/α-hetero) is 1. The normalized spacial score (nSPS) is 11.7. The van der Waals surface area contributed by atoms with E-state index in [1.165, 1.54) is 10.9 Å². The second-order valence-corrected chi connectivity index (χ2v) is 10.2. The van der Waals surface area contributed by atoms with E-state index in [1.54, 1.807) is 73.8 Å². The van der Waals surface area contributed by atoms with Crippen LogP contribution in [0.15, 0.2) is 79.6 Å². The number of aromatic nitrogens is 7. The largest absolute Gasteiger partial charge is 0.416 e. The van der Waals surface area contributed by atoms with Crippen molar-refractivity contribution in [2.45, 2.75) is 26.4 Å². The van der Waals surface area contributed by atoms with E-state index in [4.69, 9.17) is 4.98 Å². The van der Waals surface area contributed by atoms with E-state index < -0.39 is 11.7 Å². The van der Waals surface area contributed by atoms with E-state index in [0.29, 0.717) is 39.6 Å². The summed E-state index contributed by atoms with van der Waals surface area (Å²) in [6.45, 7) is 3.63. The second kappa shape index (κ2) is 10.8. The molecule has 12 heteroatoms. The van der Waals surface area contributed by atoms with Crippen LogP contribution in [0.2, 0.25) is 0 Å². The number of nitrogens with one attached hydrogen (secondary N) is 1. The topological polar surface area (TPSA) is 103 Å². The fraction of sp³-hybridized carbons (Fsp3) is 0.161. The minimum atomic E-state index is -4.58. The Morgan fingerprint density at radius 3 is 2.58 bits per heavy atom. The molecule has 0 saturated carbocycles. The predicted octanol–water partition coefficient (Wildman–Crippen LogP) is 6.42. The van der Waals surface area contributed by atoms with Crippen LogP contribution in [0.25, 0.3) is 28.1 Å². The van der Waals surface area contributed by atoms with Crippen LogP contribution < -0.4 is 5.32 Å². The van der Waals surface area contributed by atoms with E-state index in [9.17, 15) is 18.0 Å². The summed E-state index contributed by atoms with van der Waals surface area (Å²) >= 11 is 0. The van der Waals surface area contributed by atoms with Gasteiger partial charge in [-0.05, 0) is 61.4 Å². The predicted molar refractivity (Wildman–Crippen MR) is 155 cm³/mol. The quantitative estimate of drug-likeness (QED) is 0.217. The van der Waals surface area contributed by atoms with E-state index in [0.717, 1.165) is 23.3 Å². The molecule has 2 aromatic carbocycles. The van der Waals surface area contributed by atoms with Gasteiger partial charge in [-0.1, -0.05) is 12.1 Å². The number of rotatable bonds is 7. The Kier molecular flexibility index (Phi) is 6.96. The lowest BCUT2D eigenvalue weighted by Crippen LogP contribution is -2.10. The van der Waals surface area contributed by atoms with Crippen molar-refractivity contribution < 1.29 is 18.0 Å². The molecule has 0 aliphatic heterocycles. The molecule has 0 fully saturated rings. The molecule has 0 aliphatic rings. The number of carbonyl (C=O) groups excluding carboxylic acids is 1. The van der Waals surface area contributed by atoms with Crippen molar-refractivity contribution in [2.75, 3.05) is 5.32 Å². The van der Waals surface area contributed by atoms with Gasteiger partial charge in [0.05, 0.1) is 29.2 Å². The molecule has 216 valence electrons. The van der Waals surface area contributed by atoms with Crippen molar-refractivity contribution in [3.05, 3.63) is 108 Å². The highest BCUT2D eigenvalue weighted by molar-refractivity contribution is 5.99. The molecular weight excluding hydrogens is 557 g/mol. The van der Waals surface area contributed by atoms with Crippen molar-refractivity contribution in [2.24, 2.45) is 7.05 Å². The molecule has 0 spiro atoms. The Balaban J connectivity index is 1.33. The van der Waals surface area contributed by atoms with Crippen molar-refractivity contribution in [3.8, 4) is 17.1 Å². The van der Waals surface area contributed by atoms with Crippen LogP contribution in [-0.2, 0) is 19.6 Å². The fourth-order valence-electron chi connectivity index (χ4n) is 4.74. The van der Waals surface area contributed by atoms with Crippen LogP contribution in [0, 0.1) is 13.8 Å². The molecule has 0 aliphatic carbocycles. The second-order valence-electron chi connectivity index (χ2n) is 10.2. The van der Waals surface area contributed by atoms with Gasteiger partial charge in [0.2, 0.25) is 0 Å². The molecule has 1 N–H and O–H groups in total. The molecule has 0 atom stereocenters. The first-order valence-corrected chi connectivity index (χ1v) is 13.3. The molecule has 4 heterocycles. The van der Waals surface area contributed by atoms with Gasteiger partial charge in [0, 0.05) is 54.6 Å². The molecule has 43 heavy (non-hydrogen) atoms. The zero-order valence-corrected chi connectivity index (χ0v) is 23.4. The first-order valence-electron chi connectivity index (χ1n) is 13.3. The van der Waals surface area contributed by atoms with E-state index in [-0.39, 0.29) is 23.5 Å². The Morgan fingerprint density at radius 2 is 1.86 bits per heavy atom. The van der Waals surface area contributed by atoms with Gasteiger partial charge in [0.25, 0.3) is 0 Å². The summed E-state index contributed by atoms with van der Waals surface area (Å²) in [7, 11) is 1.78. The van der Waals surface area contributed by atoms with Gasteiger partial charge in [-0.25, -0.2) is 15.0 Å². The first kappa shape index (κ1) is 27.8. The monoisotopic (exact) mass is 582 g/mol. The average molecular weight is 583 g/mol. The Hall–Kier alpha value is -5.39. The minimum Gasteiger partial charge on any atom is -0.339 e. The van der Waals surface area contributed by atoms with Gasteiger partial charge >= 0.3 is 6.18 Å². The first-order chi connectivity index (χ1) is 20.5. The maximum absolute atomic E-state index is 13.7. The molecule has 9 nitrogen and oxygen atoms in total. The molecule has 0 bridgehead atoms. The van der Waals surface area contributed by atoms with Crippen molar-refractivity contribution >= 4 is 28.3 Å². The number of aryl methyl sites for hydroxylation is 3. The molecule has 0 amide bonds. The van der Waals surface area contributed by atoms with Gasteiger partial charge in [0.15, 0.2) is 17.3 Å². The van der Waals surface area contributed by atoms with E-state index in [2.05, 4.69) is 25.4 Å². The zero-order chi connectivity index (χ0) is 30.3. The number of carbonyl (C=O) groups is 1. The third-order valence-electron chi connectivity index (χ3n) is 7.00. The van der Waals surface area contributed by atoms with Crippen LogP contribution in [-0.4, -0.2) is 40.1 Å². The molecule has 0 radical (unpaired) electrons. The lowest BCUT2D eigenvalue weighted by atomic mass is 9.99. The number of halogens is 3. The summed E-state index contributed by atoms with van der Waals surface area (Å²) in [5, 5.41) is 8.32. The lowest BCUT2D eigenvalue weighted by molar-refractivity contribution is -0.137. The van der Waals surface area contributed by atoms with Gasteiger partial charge in [-0.2, -0.15) is 18.3 Å². The Bertz CT molecular complexity index is 1980. The third-order valence-corrected chi connectivity index (χ3v) is 7.00. The number of ketones is 1. The molecule has 6 aromatic rings. The molecular formula is C31H25F3N8O. The van der Waals surface area contributed by atoms with Gasteiger partial charge in [-0.3, -0.25) is 14.5 Å². The standard InChI is InChI=1S/C31H25F3N8O/c1-18-6-7-21(27(43)11-20-9-23(31(32,33)34)13-24(10-20)42-16-19(2)36-17-42)12-26(18)38-29-25-15-37-41(3)30(25)40-28(39-29)22-5-4-8-35-14-22/h4-10,12-17H,11H2,1-3H3,(H,38,39,40). The number of fused-ring (bicyclic) bond motifs is 1. The van der Waals surface area contributed by atoms with Gasteiger partial charge in [0.1, 0.15) is 5.82 Å². The third kappa shape index (κ3) is 5.71. The van der Waals surface area contributed by atoms with Crippen LogP contribution in [0.3, 0.4) is 0 Å². The van der Waals surface area contributed by atoms with Crippen LogP contribution in [0.5, 0.6) is 0 Å². The van der Waals surface area contributed by atoms with Crippen LogP contribution in [0.4, 0.5) is 24.7 Å². The molecule has 0 unspecified atom stereocenters. The van der Waals surface area contributed by atoms with E-state index in [1.807, 2.05) is 13.0 Å². The zero-order valence-electron chi connectivity index (χ0n) is 23.4. The number of alkyl halides is 3. The summed E-state index contributed by atoms with van der Waals surface area (Å²) in [6.07, 6.45) is 3.26. The Morgan fingerprint density at radius 1 is 1.02 bits per heavy atom. The van der Waals surface area contributed by atoms with Crippen LogP contribution >= 0.6 is 0 Å². The number of imidazole rings is 1. The summed E-state index contributed by atoms with van der Waals surface area (Å²) in [5.41, 5.74) is 3.47. The summed E-state index contributed by atoms with van der Waals surface area (Å²) in [6, 6.07) is 12.4. The number of pyridine rings is 1. The van der Waals surface area contributed by atoms with Gasteiger partial charge < -0.3 is 9.88 Å². The summed E-state index contributed by atoms with van der Waals surface area (Å²) in [4.78, 5) is 31.1. The molecule has 4 aromatic heterocycles. The summed E-state index contributed by atoms with van der Waals surface area (Å²) < 4.78 is 44.4. The van der Waals surface area contributed by atoms with Crippen LogP contribution in [0.1, 0.15) is 32.7 Å². The minimum absolute atomic E-state index is 0.224. The van der Waals surface area contributed by atoms with E-state index >= 15 is 0 Å². The lowest BCUT2D eigenvalue weighted by Gasteiger charge is -2.14. The van der Waals surface area contributed by atoms with Crippen molar-refractivity contribution in [3.63, 3.8) is 0 Å². The molecule has 6 rings (SSSR count). The number of benzene rings is 2. The average Bonchev–Trinajstić information content (AvgIpc) is 3.59. The number of anilines is 2. The SMILES string of the molecule is Cc1cn(-c2cc(CC(=O)c3ccc(C)c(Nc4nc(-c5cccnc5)nc5c4cnn5C)c3)cc(C(F)(F)F)c2)cn1. The highest BCUT2D eigenvalue weighted by atomic mass is 19.4.